The Bertz CT molecular complexity index is 1280. The maximum Gasteiger partial charge on any atom is 0.340 e. The molecule has 0 unspecified atom stereocenters. The Morgan fingerprint density at radius 3 is 1.00 bits per heavy atom. The minimum absolute atomic E-state index is 0.0946. The first-order valence-corrected chi connectivity index (χ1v) is 13.1. The first-order chi connectivity index (χ1) is 20.1. The van der Waals surface area contributed by atoms with Crippen molar-refractivity contribution in [2.24, 2.45) is 0 Å². The minimum Gasteiger partial charge on any atom is -0.494 e. The highest BCUT2D eigenvalue weighted by atomic mass is 16.5. The Hall–Kier alpha value is -5.26. The van der Waals surface area contributed by atoms with Gasteiger partial charge >= 0.3 is 23.9 Å². The van der Waals surface area contributed by atoms with E-state index in [4.69, 9.17) is 18.9 Å². The molecule has 0 aliphatic heterocycles. The van der Waals surface area contributed by atoms with Gasteiger partial charge in [0.15, 0.2) is 11.5 Å². The number of aromatic carboxylic acids is 4. The molecule has 0 aromatic heterocycles. The van der Waals surface area contributed by atoms with Crippen molar-refractivity contribution in [2.45, 2.75) is 39.5 Å². The second kappa shape index (κ2) is 14.4. The van der Waals surface area contributed by atoms with Crippen molar-refractivity contribution in [1.82, 2.24) is 0 Å². The van der Waals surface area contributed by atoms with Crippen molar-refractivity contribution < 1.29 is 58.6 Å². The zero-order chi connectivity index (χ0) is 30.8. The largest absolute Gasteiger partial charge is 0.494 e. The van der Waals surface area contributed by atoms with Crippen molar-refractivity contribution in [2.75, 3.05) is 13.2 Å². The van der Waals surface area contributed by atoms with Gasteiger partial charge in [0.1, 0.15) is 45.3 Å². The van der Waals surface area contributed by atoms with Gasteiger partial charge in [-0.3, -0.25) is 0 Å². The van der Waals surface area contributed by atoms with E-state index in [-0.39, 0.29) is 11.5 Å². The third-order valence-corrected chi connectivity index (χ3v) is 5.88. The Morgan fingerprint density at radius 1 is 0.500 bits per heavy atom. The second-order valence-electron chi connectivity index (χ2n) is 8.93. The van der Waals surface area contributed by atoms with E-state index in [1.807, 2.05) is 13.8 Å². The fourth-order valence-electron chi connectivity index (χ4n) is 3.84. The molecule has 0 heterocycles. The standard InChI is InChI=1S/C30H30O12/c1-3-5-15-39-17-7-11-19(12-8-17)41-25-21(27(31)32)23(29(35)36)26(24(30(37)38)22(25)28(33)34)42-20-13-9-18(10-14-20)40-16-6-4-2/h7-14H,3-6,15-16H2,1-2H3,(H,31,32)(H,33,34)(H,35,36)(H,37,38). The van der Waals surface area contributed by atoms with Crippen molar-refractivity contribution in [1.29, 1.82) is 0 Å². The summed E-state index contributed by atoms with van der Waals surface area (Å²) in [6.07, 6.45) is 3.44. The van der Waals surface area contributed by atoms with E-state index in [2.05, 4.69) is 0 Å². The smallest absolute Gasteiger partial charge is 0.340 e. The number of ether oxygens (including phenoxy) is 4. The van der Waals surface area contributed by atoms with E-state index < -0.39 is 57.6 Å². The summed E-state index contributed by atoms with van der Waals surface area (Å²) in [6.45, 7) is 4.88. The fourth-order valence-corrected chi connectivity index (χ4v) is 3.84. The lowest BCUT2D eigenvalue weighted by molar-refractivity contribution is 0.0626. The van der Waals surface area contributed by atoms with E-state index in [1.54, 1.807) is 0 Å². The number of rotatable bonds is 16. The van der Waals surface area contributed by atoms with Crippen LogP contribution in [-0.2, 0) is 0 Å². The predicted molar refractivity (Wildman–Crippen MR) is 148 cm³/mol. The Labute approximate surface area is 240 Å². The lowest BCUT2D eigenvalue weighted by Crippen LogP contribution is -2.20. The monoisotopic (exact) mass is 582 g/mol. The van der Waals surface area contributed by atoms with E-state index in [9.17, 15) is 39.6 Å². The molecule has 222 valence electrons. The van der Waals surface area contributed by atoms with Crippen LogP contribution in [0.25, 0.3) is 0 Å². The van der Waals surface area contributed by atoms with Gasteiger partial charge in [-0.15, -0.1) is 0 Å². The number of unbranched alkanes of at least 4 members (excludes halogenated alkanes) is 2. The Kier molecular flexibility index (Phi) is 10.7. The van der Waals surface area contributed by atoms with Crippen molar-refractivity contribution in [3.63, 3.8) is 0 Å². The van der Waals surface area contributed by atoms with Crippen molar-refractivity contribution in [3.8, 4) is 34.5 Å². The number of hydrogen-bond donors (Lipinski definition) is 4. The van der Waals surface area contributed by atoms with E-state index in [1.165, 1.54) is 48.5 Å². The van der Waals surface area contributed by atoms with Gasteiger partial charge in [0, 0.05) is 0 Å². The van der Waals surface area contributed by atoms with Crippen molar-refractivity contribution in [3.05, 3.63) is 70.8 Å². The van der Waals surface area contributed by atoms with Crippen LogP contribution in [0.4, 0.5) is 0 Å². The van der Waals surface area contributed by atoms with Crippen LogP contribution in [0.5, 0.6) is 34.5 Å². The van der Waals surface area contributed by atoms with Gasteiger partial charge in [0.25, 0.3) is 0 Å². The van der Waals surface area contributed by atoms with Gasteiger partial charge in [0.05, 0.1) is 13.2 Å². The van der Waals surface area contributed by atoms with Crippen LogP contribution in [0, 0.1) is 0 Å². The highest BCUT2D eigenvalue weighted by Gasteiger charge is 2.39. The summed E-state index contributed by atoms with van der Waals surface area (Å²) in [5.41, 5.74) is -4.43. The van der Waals surface area contributed by atoms with Crippen LogP contribution in [-0.4, -0.2) is 57.5 Å². The summed E-state index contributed by atoms with van der Waals surface area (Å²) in [4.78, 5) is 49.6. The first-order valence-electron chi connectivity index (χ1n) is 13.1. The zero-order valence-corrected chi connectivity index (χ0v) is 22.9. The normalized spacial score (nSPS) is 10.5. The number of benzene rings is 3. The van der Waals surface area contributed by atoms with Crippen LogP contribution >= 0.6 is 0 Å². The van der Waals surface area contributed by atoms with Gasteiger partial charge in [-0.1, -0.05) is 26.7 Å². The molecular weight excluding hydrogens is 552 g/mol. The quantitative estimate of drug-likeness (QED) is 0.136. The van der Waals surface area contributed by atoms with Gasteiger partial charge in [-0.2, -0.15) is 0 Å². The number of hydrogen-bond acceptors (Lipinski definition) is 8. The topological polar surface area (TPSA) is 186 Å². The molecule has 0 amide bonds. The molecule has 0 spiro atoms. The van der Waals surface area contributed by atoms with Gasteiger partial charge in [-0.25, -0.2) is 19.2 Å². The maximum absolute atomic E-state index is 12.4. The maximum atomic E-state index is 12.4. The molecule has 42 heavy (non-hydrogen) atoms. The number of carboxylic acids is 4. The highest BCUT2D eigenvalue weighted by Crippen LogP contribution is 2.43. The minimum atomic E-state index is -1.88. The number of carbonyl (C=O) groups is 4. The summed E-state index contributed by atoms with van der Waals surface area (Å²) < 4.78 is 22.3. The second-order valence-corrected chi connectivity index (χ2v) is 8.93. The molecule has 0 fully saturated rings. The third-order valence-electron chi connectivity index (χ3n) is 5.88. The molecule has 0 saturated heterocycles. The summed E-state index contributed by atoms with van der Waals surface area (Å²) in [6, 6.07) is 11.3. The lowest BCUT2D eigenvalue weighted by Gasteiger charge is -2.20. The Balaban J connectivity index is 2.17. The van der Waals surface area contributed by atoms with Crippen LogP contribution in [0.2, 0.25) is 0 Å². The summed E-state index contributed by atoms with van der Waals surface area (Å²) in [5.74, 6) is -8.79. The van der Waals surface area contributed by atoms with Gasteiger partial charge in [-0.05, 0) is 61.4 Å². The third kappa shape index (κ3) is 7.47. The summed E-state index contributed by atoms with van der Waals surface area (Å²) in [5, 5.41) is 40.1. The molecule has 0 radical (unpaired) electrons. The van der Waals surface area contributed by atoms with E-state index in [0.717, 1.165) is 25.7 Å². The average molecular weight is 583 g/mol. The van der Waals surface area contributed by atoms with E-state index >= 15 is 0 Å². The molecular formula is C30H30O12. The van der Waals surface area contributed by atoms with E-state index in [0.29, 0.717) is 24.7 Å². The lowest BCUT2D eigenvalue weighted by atomic mass is 9.94. The number of carboxylic acid groups (broad SMARTS) is 4. The molecule has 0 saturated carbocycles. The summed E-state index contributed by atoms with van der Waals surface area (Å²) >= 11 is 0. The predicted octanol–water partition coefficient (Wildman–Crippen LogP) is 6.42. The van der Waals surface area contributed by atoms with Crippen molar-refractivity contribution >= 4 is 23.9 Å². The van der Waals surface area contributed by atoms with Gasteiger partial charge in [0.2, 0.25) is 0 Å². The molecule has 0 aliphatic carbocycles. The fraction of sp³-hybridized carbons (Fsp3) is 0.267. The zero-order valence-electron chi connectivity index (χ0n) is 22.9. The van der Waals surface area contributed by atoms with Gasteiger partial charge < -0.3 is 39.4 Å². The average Bonchev–Trinajstić information content (AvgIpc) is 2.94. The molecule has 3 aromatic carbocycles. The van der Waals surface area contributed by atoms with Crippen LogP contribution in [0.1, 0.15) is 81.0 Å². The van der Waals surface area contributed by atoms with Crippen LogP contribution < -0.4 is 18.9 Å². The molecule has 0 bridgehead atoms. The van der Waals surface area contributed by atoms with Crippen LogP contribution in [0.3, 0.4) is 0 Å². The molecule has 3 rings (SSSR count). The first kappa shape index (κ1) is 31.3. The molecule has 3 aromatic rings. The molecule has 12 heteroatoms. The molecule has 0 atom stereocenters. The van der Waals surface area contributed by atoms with Crippen LogP contribution in [0.15, 0.2) is 48.5 Å². The molecule has 4 N–H and O–H groups in total. The highest BCUT2D eigenvalue weighted by molar-refractivity contribution is 6.15. The Morgan fingerprint density at radius 2 is 0.762 bits per heavy atom. The summed E-state index contributed by atoms with van der Waals surface area (Å²) in [7, 11) is 0. The molecule has 12 nitrogen and oxygen atoms in total. The molecule has 0 aliphatic rings. The SMILES string of the molecule is CCCCOc1ccc(Oc2c(C(=O)O)c(C(=O)O)c(Oc3ccc(OCCCC)cc3)c(C(=O)O)c2C(=O)O)cc1.